The molecule has 1 unspecified atom stereocenters. The van der Waals surface area contributed by atoms with Crippen LogP contribution in [0.4, 0.5) is 4.79 Å². The molecule has 0 saturated heterocycles. The largest absolute Gasteiger partial charge is 0.449 e. The van der Waals surface area contributed by atoms with E-state index >= 15 is 0 Å². The molecule has 1 aliphatic heterocycles. The average molecular weight is 505 g/mol. The Hall–Kier alpha value is -4.18. The van der Waals surface area contributed by atoms with Crippen LogP contribution in [0.3, 0.4) is 0 Å². The van der Waals surface area contributed by atoms with Crippen molar-refractivity contribution >= 4 is 12.0 Å². The SMILES string of the molecule is C=C(N)C(=O)N[C@H](COCc1ccccc1)c1nnc2n1CCC(COC(=O)NC)(c1ccccc1)C2. The molecule has 2 amide bonds. The van der Waals surface area contributed by atoms with E-state index in [4.69, 9.17) is 15.2 Å². The van der Waals surface area contributed by atoms with Gasteiger partial charge in [-0.15, -0.1) is 10.2 Å². The highest BCUT2D eigenvalue weighted by Crippen LogP contribution is 2.37. The van der Waals surface area contributed by atoms with Gasteiger partial charge >= 0.3 is 6.09 Å². The van der Waals surface area contributed by atoms with Gasteiger partial charge in [0, 0.05) is 25.4 Å². The van der Waals surface area contributed by atoms with Gasteiger partial charge in [-0.2, -0.15) is 0 Å². The molecule has 10 heteroatoms. The number of carbonyl (C=O) groups excluding carboxylic acids is 2. The average Bonchev–Trinajstić information content (AvgIpc) is 3.35. The van der Waals surface area contributed by atoms with Gasteiger partial charge in [-0.3, -0.25) is 4.79 Å². The highest BCUT2D eigenvalue weighted by atomic mass is 16.5. The second kappa shape index (κ2) is 11.7. The lowest BCUT2D eigenvalue weighted by Crippen LogP contribution is -2.42. The number of carbonyl (C=O) groups is 2. The maximum atomic E-state index is 12.4. The van der Waals surface area contributed by atoms with Crippen molar-refractivity contribution in [3.8, 4) is 0 Å². The monoisotopic (exact) mass is 504 g/mol. The zero-order valence-electron chi connectivity index (χ0n) is 20.9. The van der Waals surface area contributed by atoms with E-state index in [1.165, 1.54) is 7.05 Å². The standard InChI is InChI=1S/C27H32N6O4/c1-19(28)25(34)30-22(17-36-16-20-9-5-3-6-10-20)24-32-31-23-15-27(13-14-33(23)24,18-37-26(35)29-2)21-11-7-4-8-12-21/h3-12,22H,1,13-18,28H2,2H3,(H,29,35)(H,30,34)/t22-,27?/m1/s1. The zero-order chi connectivity index (χ0) is 26.3. The first kappa shape index (κ1) is 25.9. The molecule has 0 bridgehead atoms. The smallest absolute Gasteiger partial charge is 0.406 e. The van der Waals surface area contributed by atoms with E-state index in [-0.39, 0.29) is 18.9 Å². The number of nitrogens with two attached hydrogens (primary N) is 1. The molecule has 37 heavy (non-hydrogen) atoms. The number of ether oxygens (including phenoxy) is 2. The maximum Gasteiger partial charge on any atom is 0.406 e. The summed E-state index contributed by atoms with van der Waals surface area (Å²) >= 11 is 0. The molecule has 0 fully saturated rings. The number of alkyl carbamates (subject to hydrolysis) is 1. The molecule has 0 saturated carbocycles. The fourth-order valence-electron chi connectivity index (χ4n) is 4.52. The van der Waals surface area contributed by atoms with E-state index in [2.05, 4.69) is 27.4 Å². The summed E-state index contributed by atoms with van der Waals surface area (Å²) in [7, 11) is 1.53. The number of hydrogen-bond donors (Lipinski definition) is 3. The van der Waals surface area contributed by atoms with E-state index in [1.807, 2.05) is 65.2 Å². The van der Waals surface area contributed by atoms with Crippen LogP contribution in [-0.4, -0.2) is 47.0 Å². The van der Waals surface area contributed by atoms with Gasteiger partial charge in [0.15, 0.2) is 5.82 Å². The third kappa shape index (κ3) is 6.15. The van der Waals surface area contributed by atoms with Crippen LogP contribution in [0.15, 0.2) is 72.9 Å². The first-order valence-corrected chi connectivity index (χ1v) is 12.1. The van der Waals surface area contributed by atoms with Gasteiger partial charge in [-0.1, -0.05) is 67.2 Å². The number of hydrogen-bond acceptors (Lipinski definition) is 7. The Balaban J connectivity index is 1.57. The predicted octanol–water partition coefficient (Wildman–Crippen LogP) is 2.36. The maximum absolute atomic E-state index is 12.4. The molecule has 10 nitrogen and oxygen atoms in total. The Morgan fingerprint density at radius 1 is 1.14 bits per heavy atom. The molecule has 1 aliphatic rings. The highest BCUT2D eigenvalue weighted by molar-refractivity contribution is 5.91. The second-order valence-electron chi connectivity index (χ2n) is 9.08. The van der Waals surface area contributed by atoms with Crippen LogP contribution in [0.5, 0.6) is 0 Å². The van der Waals surface area contributed by atoms with Crippen LogP contribution in [0.25, 0.3) is 0 Å². The Morgan fingerprint density at radius 3 is 2.51 bits per heavy atom. The van der Waals surface area contributed by atoms with E-state index in [0.29, 0.717) is 31.8 Å². The van der Waals surface area contributed by atoms with Crippen molar-refractivity contribution in [3.05, 3.63) is 95.7 Å². The number of amides is 2. The van der Waals surface area contributed by atoms with Gasteiger partial charge in [0.1, 0.15) is 18.5 Å². The van der Waals surface area contributed by atoms with Crippen molar-refractivity contribution in [2.24, 2.45) is 5.73 Å². The number of nitrogens with one attached hydrogen (secondary N) is 2. The Bertz CT molecular complexity index is 1230. The lowest BCUT2D eigenvalue weighted by atomic mass is 9.73. The first-order valence-electron chi connectivity index (χ1n) is 12.1. The normalized spacial score (nSPS) is 17.3. The van der Waals surface area contributed by atoms with Crippen LogP contribution in [0, 0.1) is 0 Å². The summed E-state index contributed by atoms with van der Waals surface area (Å²) in [5, 5.41) is 14.3. The predicted molar refractivity (Wildman–Crippen MR) is 137 cm³/mol. The van der Waals surface area contributed by atoms with Crippen molar-refractivity contribution in [3.63, 3.8) is 0 Å². The van der Waals surface area contributed by atoms with Gasteiger partial charge in [-0.25, -0.2) is 4.79 Å². The first-order chi connectivity index (χ1) is 17.9. The summed E-state index contributed by atoms with van der Waals surface area (Å²) in [6.07, 6.45) is 0.709. The highest BCUT2D eigenvalue weighted by Gasteiger charge is 2.40. The number of aromatic nitrogens is 3. The quantitative estimate of drug-likeness (QED) is 0.361. The Morgan fingerprint density at radius 2 is 1.84 bits per heavy atom. The Kier molecular flexibility index (Phi) is 8.19. The fourth-order valence-corrected chi connectivity index (χ4v) is 4.52. The van der Waals surface area contributed by atoms with Gasteiger partial charge in [-0.05, 0) is 17.5 Å². The minimum absolute atomic E-state index is 0.0964. The van der Waals surface area contributed by atoms with Gasteiger partial charge in [0.25, 0.3) is 5.91 Å². The fraction of sp³-hybridized carbons (Fsp3) is 0.333. The molecular formula is C27H32N6O4. The summed E-state index contributed by atoms with van der Waals surface area (Å²) in [5.41, 5.74) is 7.15. The molecular weight excluding hydrogens is 472 g/mol. The van der Waals surface area contributed by atoms with Crippen LogP contribution in [0.1, 0.15) is 35.2 Å². The number of benzene rings is 2. The molecule has 0 aliphatic carbocycles. The molecule has 2 atom stereocenters. The summed E-state index contributed by atoms with van der Waals surface area (Å²) in [6, 6.07) is 19.1. The van der Waals surface area contributed by atoms with E-state index in [0.717, 1.165) is 17.0 Å². The molecule has 0 radical (unpaired) electrons. The van der Waals surface area contributed by atoms with Crippen molar-refractivity contribution in [2.75, 3.05) is 20.3 Å². The molecule has 1 aromatic heterocycles. The van der Waals surface area contributed by atoms with Crippen LogP contribution in [0.2, 0.25) is 0 Å². The lowest BCUT2D eigenvalue weighted by molar-refractivity contribution is -0.118. The molecule has 4 N–H and O–H groups in total. The molecule has 194 valence electrons. The van der Waals surface area contributed by atoms with Crippen LogP contribution >= 0.6 is 0 Å². The third-order valence-electron chi connectivity index (χ3n) is 6.54. The van der Waals surface area contributed by atoms with E-state index < -0.39 is 23.5 Å². The topological polar surface area (TPSA) is 133 Å². The third-order valence-corrected chi connectivity index (χ3v) is 6.54. The van der Waals surface area contributed by atoms with Crippen LogP contribution in [-0.2, 0) is 39.3 Å². The minimum Gasteiger partial charge on any atom is -0.449 e. The molecule has 2 heterocycles. The van der Waals surface area contributed by atoms with Crippen molar-refractivity contribution < 1.29 is 19.1 Å². The molecule has 0 spiro atoms. The number of fused-ring (bicyclic) bond motifs is 1. The lowest BCUT2D eigenvalue weighted by Gasteiger charge is -2.37. The van der Waals surface area contributed by atoms with Gasteiger partial charge in [0.2, 0.25) is 0 Å². The number of rotatable bonds is 10. The summed E-state index contributed by atoms with van der Waals surface area (Å²) in [5.74, 6) is 0.824. The second-order valence-corrected chi connectivity index (χ2v) is 9.08. The van der Waals surface area contributed by atoms with Crippen molar-refractivity contribution in [1.29, 1.82) is 0 Å². The van der Waals surface area contributed by atoms with Crippen molar-refractivity contribution in [1.82, 2.24) is 25.4 Å². The van der Waals surface area contributed by atoms with Gasteiger partial charge < -0.3 is 30.4 Å². The molecule has 2 aromatic carbocycles. The summed E-state index contributed by atoms with van der Waals surface area (Å²) in [6.45, 7) is 4.86. The van der Waals surface area contributed by atoms with Crippen LogP contribution < -0.4 is 16.4 Å². The molecule has 3 aromatic rings. The van der Waals surface area contributed by atoms with Crippen molar-refractivity contribution in [2.45, 2.75) is 37.5 Å². The van der Waals surface area contributed by atoms with E-state index in [1.54, 1.807) is 0 Å². The minimum atomic E-state index is -0.580. The zero-order valence-corrected chi connectivity index (χ0v) is 20.9. The summed E-state index contributed by atoms with van der Waals surface area (Å²) in [4.78, 5) is 24.3. The Labute approximate surface area is 215 Å². The summed E-state index contributed by atoms with van der Waals surface area (Å²) < 4.78 is 13.5. The molecule has 4 rings (SSSR count). The number of nitrogens with zero attached hydrogens (tertiary/aromatic N) is 3. The van der Waals surface area contributed by atoms with Gasteiger partial charge in [0.05, 0.1) is 18.9 Å². The van der Waals surface area contributed by atoms with E-state index in [9.17, 15) is 9.59 Å².